The SMILES string of the molecule is N=C1NC(=O)[C@]2(O)[C@@H](NC(=O)C3CCCN3C(=O)C(CNC(=O)C[C@H]3N[C@H](Cc4ccccc4)C(=O)NC3Cc3ccc(O)cc3)NC=O)CCCN12. The van der Waals surface area contributed by atoms with Gasteiger partial charge < -0.3 is 46.6 Å². The second-order valence-corrected chi connectivity index (χ2v) is 13.9. The molecule has 53 heavy (non-hydrogen) atoms. The van der Waals surface area contributed by atoms with Gasteiger partial charge in [0.15, 0.2) is 0 Å². The number of piperazine rings is 1. The first-order valence-electron chi connectivity index (χ1n) is 17.8. The molecule has 2 aromatic carbocycles. The number of rotatable bonds is 13. The summed E-state index contributed by atoms with van der Waals surface area (Å²) in [6.45, 7) is 0.204. The Bertz CT molecular complexity index is 1730. The summed E-state index contributed by atoms with van der Waals surface area (Å²) in [5.74, 6) is -2.76. The maximum atomic E-state index is 13.8. The number of amides is 6. The molecule has 7 atom stereocenters. The number of phenols is 1. The highest BCUT2D eigenvalue weighted by Crippen LogP contribution is 2.31. The third-order valence-corrected chi connectivity index (χ3v) is 10.5. The van der Waals surface area contributed by atoms with Gasteiger partial charge in [-0.05, 0) is 61.8 Å². The first-order chi connectivity index (χ1) is 25.5. The van der Waals surface area contributed by atoms with E-state index in [1.807, 2.05) is 30.3 Å². The summed E-state index contributed by atoms with van der Waals surface area (Å²) in [5, 5.41) is 45.6. The highest BCUT2D eigenvalue weighted by molar-refractivity contribution is 6.07. The van der Waals surface area contributed by atoms with E-state index in [4.69, 9.17) is 5.41 Å². The summed E-state index contributed by atoms with van der Waals surface area (Å²) in [7, 11) is 0. The third kappa shape index (κ3) is 8.10. The van der Waals surface area contributed by atoms with Crippen LogP contribution >= 0.6 is 0 Å². The number of fused-ring (bicyclic) bond motifs is 1. The maximum absolute atomic E-state index is 13.8. The van der Waals surface area contributed by atoms with Crippen molar-refractivity contribution in [2.45, 2.75) is 86.9 Å². The van der Waals surface area contributed by atoms with E-state index in [0.29, 0.717) is 38.5 Å². The molecule has 4 aliphatic heterocycles. The van der Waals surface area contributed by atoms with Crippen molar-refractivity contribution in [3.63, 3.8) is 0 Å². The van der Waals surface area contributed by atoms with Gasteiger partial charge in [0.25, 0.3) is 5.91 Å². The summed E-state index contributed by atoms with van der Waals surface area (Å²) in [6.07, 6.45) is 2.64. The van der Waals surface area contributed by atoms with Crippen molar-refractivity contribution >= 4 is 41.9 Å². The smallest absolute Gasteiger partial charge is 0.282 e. The van der Waals surface area contributed by atoms with E-state index in [1.165, 1.54) is 9.80 Å². The molecule has 2 aromatic rings. The molecule has 17 heteroatoms. The predicted molar refractivity (Wildman–Crippen MR) is 189 cm³/mol. The summed E-state index contributed by atoms with van der Waals surface area (Å²) in [5.41, 5.74) is -0.338. The number of aliphatic hydroxyl groups is 1. The van der Waals surface area contributed by atoms with Crippen LogP contribution in [0, 0.1) is 5.41 Å². The molecule has 6 amide bonds. The summed E-state index contributed by atoms with van der Waals surface area (Å²) < 4.78 is 0. The van der Waals surface area contributed by atoms with Crippen molar-refractivity contribution in [3.05, 3.63) is 65.7 Å². The minimum Gasteiger partial charge on any atom is -0.508 e. The van der Waals surface area contributed by atoms with Crippen LogP contribution < -0.4 is 31.9 Å². The van der Waals surface area contributed by atoms with Gasteiger partial charge >= 0.3 is 0 Å². The minimum atomic E-state index is -2.12. The number of piperidine rings is 1. The normalized spacial score (nSPS) is 27.3. The Balaban J connectivity index is 1.09. The molecule has 0 saturated carbocycles. The Morgan fingerprint density at radius 2 is 1.70 bits per heavy atom. The van der Waals surface area contributed by atoms with Crippen LogP contribution in [0.25, 0.3) is 0 Å². The van der Waals surface area contributed by atoms with Crippen molar-refractivity contribution < 1.29 is 39.0 Å². The Kier molecular flexibility index (Phi) is 11.2. The number of benzene rings is 2. The monoisotopic (exact) mass is 731 g/mol. The molecule has 0 spiro atoms. The molecule has 0 radical (unpaired) electrons. The van der Waals surface area contributed by atoms with Crippen molar-refractivity contribution in [3.8, 4) is 5.75 Å². The molecule has 9 N–H and O–H groups in total. The molecule has 6 rings (SSSR count). The van der Waals surface area contributed by atoms with Crippen molar-refractivity contribution in [2.24, 2.45) is 0 Å². The van der Waals surface area contributed by atoms with Gasteiger partial charge in [-0.3, -0.25) is 39.5 Å². The molecule has 0 aliphatic carbocycles. The van der Waals surface area contributed by atoms with Gasteiger partial charge in [0, 0.05) is 38.1 Å². The topological polar surface area (TPSA) is 245 Å². The highest BCUT2D eigenvalue weighted by Gasteiger charge is 2.58. The Labute approximate surface area is 305 Å². The van der Waals surface area contributed by atoms with Gasteiger partial charge in [-0.25, -0.2) is 0 Å². The lowest BCUT2D eigenvalue weighted by Gasteiger charge is -2.42. The lowest BCUT2D eigenvalue weighted by Crippen LogP contribution is -2.67. The van der Waals surface area contributed by atoms with Gasteiger partial charge in [-0.15, -0.1) is 0 Å². The van der Waals surface area contributed by atoms with Gasteiger partial charge in [-0.1, -0.05) is 42.5 Å². The number of guanidine groups is 1. The van der Waals surface area contributed by atoms with Gasteiger partial charge in [0.05, 0.1) is 12.1 Å². The molecule has 4 fully saturated rings. The zero-order valence-corrected chi connectivity index (χ0v) is 29.0. The largest absolute Gasteiger partial charge is 0.508 e. The van der Waals surface area contributed by atoms with Crippen LogP contribution in [-0.2, 0) is 41.6 Å². The van der Waals surface area contributed by atoms with Crippen LogP contribution in [0.3, 0.4) is 0 Å². The summed E-state index contributed by atoms with van der Waals surface area (Å²) >= 11 is 0. The molecule has 282 valence electrons. The summed E-state index contributed by atoms with van der Waals surface area (Å²) in [4.78, 5) is 80.6. The predicted octanol–water partition coefficient (Wildman–Crippen LogP) is -2.05. The van der Waals surface area contributed by atoms with Gasteiger partial charge in [0.1, 0.15) is 17.8 Å². The second kappa shape index (κ2) is 16.0. The second-order valence-electron chi connectivity index (χ2n) is 13.9. The molecule has 4 saturated heterocycles. The Morgan fingerprint density at radius 1 is 0.981 bits per heavy atom. The molecule has 17 nitrogen and oxygen atoms in total. The molecule has 0 aromatic heterocycles. The Hall–Kier alpha value is -5.55. The molecular weight excluding hydrogens is 686 g/mol. The van der Waals surface area contributed by atoms with Crippen LogP contribution in [0.15, 0.2) is 54.6 Å². The van der Waals surface area contributed by atoms with E-state index in [-0.39, 0.29) is 50.1 Å². The first-order valence-corrected chi connectivity index (χ1v) is 17.8. The van der Waals surface area contributed by atoms with Gasteiger partial charge in [-0.2, -0.15) is 0 Å². The van der Waals surface area contributed by atoms with Crippen molar-refractivity contribution in [1.29, 1.82) is 5.41 Å². The van der Waals surface area contributed by atoms with E-state index < -0.39 is 65.6 Å². The fraction of sp³-hybridized carbons (Fsp3) is 0.472. The van der Waals surface area contributed by atoms with Crippen LogP contribution in [0.4, 0.5) is 0 Å². The molecule has 4 aliphatic rings. The van der Waals surface area contributed by atoms with E-state index in [2.05, 4.69) is 31.9 Å². The van der Waals surface area contributed by atoms with Crippen LogP contribution in [0.5, 0.6) is 5.75 Å². The number of aromatic hydroxyl groups is 1. The number of hydrogen-bond acceptors (Lipinski definition) is 10. The van der Waals surface area contributed by atoms with Crippen molar-refractivity contribution in [2.75, 3.05) is 19.6 Å². The zero-order chi connectivity index (χ0) is 37.7. The lowest BCUT2D eigenvalue weighted by atomic mass is 9.91. The van der Waals surface area contributed by atoms with Gasteiger partial charge in [0.2, 0.25) is 41.7 Å². The molecular formula is C36H45N9O8. The third-order valence-electron chi connectivity index (χ3n) is 10.5. The van der Waals surface area contributed by atoms with E-state index in [0.717, 1.165) is 11.1 Å². The summed E-state index contributed by atoms with van der Waals surface area (Å²) in [6, 6.07) is 11.3. The number of nitrogens with zero attached hydrogens (tertiary/aromatic N) is 2. The van der Waals surface area contributed by atoms with E-state index >= 15 is 0 Å². The number of carbonyl (C=O) groups is 6. The fourth-order valence-electron chi connectivity index (χ4n) is 7.69. The molecule has 3 unspecified atom stereocenters. The average molecular weight is 732 g/mol. The first kappa shape index (κ1) is 37.2. The zero-order valence-electron chi connectivity index (χ0n) is 29.0. The Morgan fingerprint density at radius 3 is 2.43 bits per heavy atom. The van der Waals surface area contributed by atoms with Crippen LogP contribution in [0.2, 0.25) is 0 Å². The molecule has 0 bridgehead atoms. The fourth-order valence-corrected chi connectivity index (χ4v) is 7.69. The maximum Gasteiger partial charge on any atom is 0.282 e. The number of nitrogens with one attached hydrogen (secondary N) is 7. The quantitative estimate of drug-likeness (QED) is 0.102. The average Bonchev–Trinajstić information content (AvgIpc) is 3.72. The number of carbonyl (C=O) groups excluding carboxylic acids is 6. The standard InChI is InChI=1S/C36H45N9O8/c37-35-43-34(52)36(53)29(9-5-15-45(35)36)42-32(50)28-8-4-14-44(28)33(51)27(39-20-46)19-38-30(48)18-25-24(16-22-10-12-23(47)13-11-22)41-31(49)26(40-25)17-21-6-2-1-3-7-21/h1-3,6-7,10-13,20,24-29,40,47,53H,4-5,8-9,14-19H2,(H,38,48)(H,39,46)(H,41,49)(H,42,50)(H2,37,43,52)/t24?,25-,26-,27?,28?,29+,36-/m1/s1. The van der Waals surface area contributed by atoms with Crippen molar-refractivity contribution in [1.82, 2.24) is 41.7 Å². The van der Waals surface area contributed by atoms with E-state index in [1.54, 1.807) is 24.3 Å². The lowest BCUT2D eigenvalue weighted by molar-refractivity contribution is -0.160. The van der Waals surface area contributed by atoms with Crippen LogP contribution in [0.1, 0.15) is 43.2 Å². The minimum absolute atomic E-state index is 0.0720. The number of hydrogen-bond donors (Lipinski definition) is 9. The number of likely N-dealkylation sites (tertiary alicyclic amines) is 1. The molecule has 4 heterocycles. The van der Waals surface area contributed by atoms with Crippen LogP contribution in [-0.4, -0.2) is 124 Å². The number of phenolic OH excluding ortho intramolecular Hbond substituents is 1. The highest BCUT2D eigenvalue weighted by atomic mass is 16.3. The van der Waals surface area contributed by atoms with E-state index in [9.17, 15) is 39.0 Å².